The molecule has 1 aliphatic carbocycles. The summed E-state index contributed by atoms with van der Waals surface area (Å²) < 4.78 is 0. The number of fused-ring (bicyclic) bond motifs is 17. The standard InChI is InChI=1S/C47H40N4O4.C40H38N4O2.C7H6O3.C6Cl4O2/c1-46(2,3)27-19-31-35-13-15-39(48-35)41(26-17-29(52)23-30(53)18-26)40-16-14-36(49-40)32-20-28(47(4,5)6)22-34(45(32)55)38-12-10-25-8-7-24-9-11-37(33(21-27)44(31)54)50-42(24)43(25)51-38;1-39(2,3)25-19-27(31-9-7-17-41-31)37(45)29(21-25)33-15-13-23-11-12-24-14-16-34(44-36(24)35(23)43-33)30-22-26(40(4,5)6)20-28(38(30)46)32-10-8-18-42-32;8-4-5-1-6(9)3-7(10)2-5;7-1-2(8)6(12)4(10)3(9)5(1)11/h7-23,48,52-55H,1-6H3;7-22,41-42,45-46H,1-6H3;1-4,9-10H;. The van der Waals surface area contributed by atoms with Gasteiger partial charge in [0.05, 0.1) is 55.9 Å². The first-order valence-electron chi connectivity index (χ1n) is 39.3. The van der Waals surface area contributed by atoms with E-state index in [1.54, 1.807) is 12.1 Å². The van der Waals surface area contributed by atoms with Gasteiger partial charge in [0.25, 0.3) is 0 Å². The van der Waals surface area contributed by atoms with E-state index in [1.807, 2.05) is 170 Å². The number of H-pyrrole nitrogens is 3. The van der Waals surface area contributed by atoms with Gasteiger partial charge in [-0.3, -0.25) is 14.4 Å². The van der Waals surface area contributed by atoms with Gasteiger partial charge in [-0.2, -0.15) is 0 Å². The Morgan fingerprint density at radius 2 is 0.691 bits per heavy atom. The Labute approximate surface area is 726 Å². The molecular weight excluding hydrogens is 1630 g/mol. The van der Waals surface area contributed by atoms with Gasteiger partial charge < -0.3 is 55.8 Å². The van der Waals surface area contributed by atoms with E-state index in [1.165, 1.54) is 18.2 Å². The molecule has 0 unspecified atom stereocenters. The normalized spacial score (nSPS) is 12.9. The second-order valence-electron chi connectivity index (χ2n) is 34.5. The van der Waals surface area contributed by atoms with Gasteiger partial charge in [0.15, 0.2) is 0 Å². The van der Waals surface area contributed by atoms with Crippen LogP contribution in [0.4, 0.5) is 0 Å². The molecule has 0 atom stereocenters. The molecule has 0 saturated heterocycles. The Hall–Kier alpha value is -13.6. The lowest BCUT2D eigenvalue weighted by atomic mass is 9.83. The number of Topliss-reactive ketones (excluding diaryl/α,β-unsaturated/α-hetero) is 2. The lowest BCUT2D eigenvalue weighted by Gasteiger charge is -2.22. The van der Waals surface area contributed by atoms with Crippen LogP contribution in [-0.4, -0.2) is 98.6 Å². The Morgan fingerprint density at radius 3 is 1.10 bits per heavy atom. The maximum Gasteiger partial charge on any atom is 0.219 e. The second kappa shape index (κ2) is 32.4. The number of aromatic hydroxyl groups is 8. The van der Waals surface area contributed by atoms with E-state index in [0.717, 1.165) is 83.4 Å². The predicted octanol–water partition coefficient (Wildman–Crippen LogP) is 24.9. The molecule has 0 saturated carbocycles. The topological polar surface area (TPSA) is 325 Å². The van der Waals surface area contributed by atoms with Crippen molar-refractivity contribution in [1.29, 1.82) is 0 Å². The zero-order valence-electron chi connectivity index (χ0n) is 68.9. The molecule has 18 rings (SSSR count). The fraction of sp³-hybridized carbons (Fsp3) is 0.160. The molecule has 16 aromatic rings. The Balaban J connectivity index is 0.000000154. The van der Waals surface area contributed by atoms with Crippen molar-refractivity contribution in [1.82, 2.24) is 39.9 Å². The zero-order valence-corrected chi connectivity index (χ0v) is 71.9. The van der Waals surface area contributed by atoms with Crippen LogP contribution < -0.4 is 0 Å². The van der Waals surface area contributed by atoms with Crippen molar-refractivity contribution in [2.24, 2.45) is 0 Å². The number of phenols is 8. The molecule has 9 heterocycles. The van der Waals surface area contributed by atoms with Gasteiger partial charge in [-0.05, 0) is 195 Å². The van der Waals surface area contributed by atoms with E-state index in [4.69, 9.17) is 81.5 Å². The van der Waals surface area contributed by atoms with Crippen LogP contribution in [0.5, 0.6) is 46.0 Å². The van der Waals surface area contributed by atoms with Crippen LogP contribution in [0.15, 0.2) is 227 Å². The van der Waals surface area contributed by atoms with Crippen LogP contribution in [0.2, 0.25) is 0 Å². The summed E-state index contributed by atoms with van der Waals surface area (Å²) in [6.45, 7) is 25.8. The first-order chi connectivity index (χ1) is 58.2. The number of hydrogen-bond donors (Lipinski definition) is 11. The number of aromatic nitrogens is 8. The smallest absolute Gasteiger partial charge is 0.219 e. The lowest BCUT2D eigenvalue weighted by Crippen LogP contribution is -2.14. The maximum atomic E-state index is 12.1. The van der Waals surface area contributed by atoms with E-state index in [9.17, 15) is 45.0 Å². The van der Waals surface area contributed by atoms with Gasteiger partial charge in [-0.25, -0.2) is 24.9 Å². The average Bonchev–Trinajstić information content (AvgIpc) is 1.50. The number of rotatable bonds is 6. The zero-order chi connectivity index (χ0) is 88.0. The molecule has 23 heteroatoms. The highest BCUT2D eigenvalue weighted by molar-refractivity contribution is 6.69. The molecule has 618 valence electrons. The number of benzene rings is 8. The number of pyridine rings is 4. The largest absolute Gasteiger partial charge is 0.508 e. The summed E-state index contributed by atoms with van der Waals surface area (Å²) in [5, 5.41) is 90.7. The number of nitrogens with one attached hydrogen (secondary N) is 3. The maximum absolute atomic E-state index is 12.1. The molecular formula is C100H84Cl4N8O11. The van der Waals surface area contributed by atoms with Gasteiger partial charge in [0, 0.05) is 123 Å². The van der Waals surface area contributed by atoms with Crippen LogP contribution in [0.3, 0.4) is 0 Å². The number of allylic oxidation sites excluding steroid dienone is 4. The Morgan fingerprint density at radius 1 is 0.341 bits per heavy atom. The van der Waals surface area contributed by atoms with Crippen LogP contribution >= 0.6 is 46.4 Å². The van der Waals surface area contributed by atoms with Crippen molar-refractivity contribution in [3.63, 3.8) is 0 Å². The third kappa shape index (κ3) is 16.8. The highest BCUT2D eigenvalue weighted by Gasteiger charge is 2.32. The van der Waals surface area contributed by atoms with Gasteiger partial charge in [-0.1, -0.05) is 178 Å². The van der Waals surface area contributed by atoms with E-state index in [-0.39, 0.29) is 73.2 Å². The first-order valence-corrected chi connectivity index (χ1v) is 40.8. The number of ketones is 2. The SMILES string of the molecule is CC(C)(C)c1cc(-c2ccc3ccc4ccc(-c5cc(C(C)(C)C)cc(-c6ccc[nH]6)c5O)nc4c3n2)c(O)c(-c2ccc[nH]2)c1.CC(C)(C)c1cc2c3nc(c(-c4cc(O)cc(O)c4)c4ccc([nH]4)c4cc(C(C)(C)C)cc(c4O)c4ccc5ccc6ccc(nc6c5n4)c(c1)c2O)C=C3.O=C1C(Cl)=C(Cl)C(=O)C(Cl)=C1Cl.O=Cc1cc(O)cc(O)c1. The van der Waals surface area contributed by atoms with E-state index in [2.05, 4.69) is 110 Å². The molecule has 123 heavy (non-hydrogen) atoms. The first kappa shape index (κ1) is 84.5. The molecule has 2 aliphatic rings. The third-order valence-corrected chi connectivity index (χ3v) is 23.3. The molecule has 12 bridgehead atoms. The minimum atomic E-state index is -0.729. The van der Waals surface area contributed by atoms with E-state index >= 15 is 0 Å². The minimum absolute atomic E-state index is 0.0469. The van der Waals surface area contributed by atoms with E-state index in [0.29, 0.717) is 106 Å². The number of aromatic amines is 3. The molecule has 11 N–H and O–H groups in total. The van der Waals surface area contributed by atoms with Crippen molar-refractivity contribution in [2.75, 3.05) is 0 Å². The number of aldehydes is 1. The molecule has 0 amide bonds. The summed E-state index contributed by atoms with van der Waals surface area (Å²) in [5.74, 6) is -1.41. The highest BCUT2D eigenvalue weighted by Crippen LogP contribution is 2.47. The third-order valence-electron chi connectivity index (χ3n) is 21.7. The van der Waals surface area contributed by atoms with Crippen LogP contribution in [0.1, 0.15) is 127 Å². The fourth-order valence-corrected chi connectivity index (χ4v) is 15.6. The van der Waals surface area contributed by atoms with Gasteiger partial charge in [-0.15, -0.1) is 0 Å². The quantitative estimate of drug-likeness (QED) is 0.0419. The van der Waals surface area contributed by atoms with Gasteiger partial charge >= 0.3 is 0 Å². The molecule has 8 aromatic heterocycles. The van der Waals surface area contributed by atoms with Crippen molar-refractivity contribution in [2.45, 2.75) is 105 Å². The summed E-state index contributed by atoms with van der Waals surface area (Å²) in [5.41, 5.74) is 17.0. The molecule has 0 spiro atoms. The van der Waals surface area contributed by atoms with Gasteiger partial charge in [0.1, 0.15) is 72.4 Å². The number of halogens is 4. The summed E-state index contributed by atoms with van der Waals surface area (Å²) in [7, 11) is 0. The molecule has 0 fully saturated rings. The molecule has 19 nitrogen and oxygen atoms in total. The van der Waals surface area contributed by atoms with Crippen LogP contribution in [0.25, 0.3) is 156 Å². The van der Waals surface area contributed by atoms with Crippen molar-refractivity contribution in [3.8, 4) is 102 Å². The number of phenolic OH excluding ortho intramolecular Hbond substituents is 8. The summed E-state index contributed by atoms with van der Waals surface area (Å²) in [6, 6.07) is 59.9. The number of nitrogens with zero attached hydrogens (tertiary/aromatic N) is 5. The number of carbonyl (C=O) groups excluding carboxylic acids is 3. The number of carbonyl (C=O) groups is 3. The summed E-state index contributed by atoms with van der Waals surface area (Å²) in [6.07, 6.45) is 8.00. The molecule has 1 aliphatic heterocycles. The van der Waals surface area contributed by atoms with Crippen molar-refractivity contribution in [3.05, 3.63) is 266 Å². The van der Waals surface area contributed by atoms with E-state index < -0.39 is 31.7 Å². The summed E-state index contributed by atoms with van der Waals surface area (Å²) in [4.78, 5) is 67.9. The average molecular weight is 1720 g/mol. The van der Waals surface area contributed by atoms with Crippen LogP contribution in [-0.2, 0) is 31.2 Å². The molecule has 0 radical (unpaired) electrons. The van der Waals surface area contributed by atoms with Crippen molar-refractivity contribution < 1.29 is 55.2 Å². The lowest BCUT2D eigenvalue weighted by molar-refractivity contribution is -0.114. The predicted molar refractivity (Wildman–Crippen MR) is 495 cm³/mol. The minimum Gasteiger partial charge on any atom is -0.508 e. The van der Waals surface area contributed by atoms with Crippen LogP contribution in [0, 0.1) is 0 Å². The second-order valence-corrected chi connectivity index (χ2v) is 36.0. The fourth-order valence-electron chi connectivity index (χ4n) is 14.8. The highest BCUT2D eigenvalue weighted by atomic mass is 35.5. The van der Waals surface area contributed by atoms with Crippen molar-refractivity contribution >= 4 is 164 Å². The Kier molecular flexibility index (Phi) is 22.3. The van der Waals surface area contributed by atoms with Gasteiger partial charge in [0.2, 0.25) is 11.6 Å². The summed E-state index contributed by atoms with van der Waals surface area (Å²) >= 11 is 21.5. The monoisotopic (exact) mass is 1710 g/mol. The molecule has 8 aromatic carbocycles. The Bertz CT molecular complexity index is 7070. The number of hydrogen-bond acceptors (Lipinski definition) is 16.